The molecule has 1 aromatic rings. The third-order valence-electron chi connectivity index (χ3n) is 4.12. The number of nitrogens with zero attached hydrogens (tertiary/aromatic N) is 1. The van der Waals surface area contributed by atoms with Crippen LogP contribution in [0, 0.1) is 5.92 Å². The molecular weight excluding hydrogens is 307 g/mol. The highest BCUT2D eigenvalue weighted by Crippen LogP contribution is 2.24. The van der Waals surface area contributed by atoms with E-state index < -0.39 is 0 Å². The number of ether oxygens (including phenoxy) is 1. The Hall–Kier alpha value is -0.320. The highest BCUT2D eigenvalue weighted by Gasteiger charge is 2.21. The SMILES string of the molecule is COCC(c1ccc(Cl)cc1)N(C)CC1CCNCC1.Cl. The number of nitrogens with one attached hydrogen (secondary N) is 1. The molecule has 2 rings (SSSR count). The first-order valence-electron chi connectivity index (χ1n) is 7.36. The molecule has 1 heterocycles. The molecule has 1 unspecified atom stereocenters. The molecule has 1 fully saturated rings. The van der Waals surface area contributed by atoms with Crippen LogP contribution in [0.1, 0.15) is 24.4 Å². The molecule has 120 valence electrons. The van der Waals surface area contributed by atoms with Gasteiger partial charge >= 0.3 is 0 Å². The fourth-order valence-corrected chi connectivity index (χ4v) is 3.05. The van der Waals surface area contributed by atoms with Gasteiger partial charge < -0.3 is 10.1 Å². The lowest BCUT2D eigenvalue weighted by atomic mass is 9.96. The molecule has 1 aliphatic rings. The number of piperidine rings is 1. The maximum atomic E-state index is 5.98. The maximum absolute atomic E-state index is 5.98. The summed E-state index contributed by atoms with van der Waals surface area (Å²) in [6, 6.07) is 8.42. The zero-order valence-electron chi connectivity index (χ0n) is 12.8. The van der Waals surface area contributed by atoms with Crippen molar-refractivity contribution in [1.29, 1.82) is 0 Å². The normalized spacial score (nSPS) is 17.5. The molecule has 0 radical (unpaired) electrons. The zero-order chi connectivity index (χ0) is 14.4. The van der Waals surface area contributed by atoms with Gasteiger partial charge in [-0.15, -0.1) is 12.4 Å². The molecule has 1 aromatic carbocycles. The van der Waals surface area contributed by atoms with Gasteiger partial charge in [-0.3, -0.25) is 4.90 Å². The van der Waals surface area contributed by atoms with Crippen LogP contribution in [0.15, 0.2) is 24.3 Å². The molecule has 3 nitrogen and oxygen atoms in total. The molecule has 1 saturated heterocycles. The molecule has 5 heteroatoms. The largest absolute Gasteiger partial charge is 0.383 e. The lowest BCUT2D eigenvalue weighted by Gasteiger charge is -2.33. The van der Waals surface area contributed by atoms with E-state index in [4.69, 9.17) is 16.3 Å². The van der Waals surface area contributed by atoms with Gasteiger partial charge in [-0.25, -0.2) is 0 Å². The Bertz CT molecular complexity index is 394. The van der Waals surface area contributed by atoms with Crippen molar-refractivity contribution >= 4 is 24.0 Å². The van der Waals surface area contributed by atoms with Gasteiger partial charge in [-0.2, -0.15) is 0 Å². The quantitative estimate of drug-likeness (QED) is 0.864. The Balaban J connectivity index is 0.00000220. The number of benzene rings is 1. The summed E-state index contributed by atoms with van der Waals surface area (Å²) in [5.41, 5.74) is 1.27. The summed E-state index contributed by atoms with van der Waals surface area (Å²) in [5.74, 6) is 0.785. The van der Waals surface area contributed by atoms with E-state index in [9.17, 15) is 0 Å². The molecule has 21 heavy (non-hydrogen) atoms. The Morgan fingerprint density at radius 1 is 1.29 bits per heavy atom. The van der Waals surface area contributed by atoms with E-state index in [1.54, 1.807) is 7.11 Å². The number of methoxy groups -OCH3 is 1. The Morgan fingerprint density at radius 2 is 1.90 bits per heavy atom. The number of halogens is 2. The van der Waals surface area contributed by atoms with Crippen molar-refractivity contribution in [3.05, 3.63) is 34.9 Å². The summed E-state index contributed by atoms with van der Waals surface area (Å²) in [4.78, 5) is 2.42. The van der Waals surface area contributed by atoms with Crippen LogP contribution in [0.5, 0.6) is 0 Å². The van der Waals surface area contributed by atoms with Crippen molar-refractivity contribution in [2.45, 2.75) is 18.9 Å². The second-order valence-electron chi connectivity index (χ2n) is 5.66. The lowest BCUT2D eigenvalue weighted by Crippen LogP contribution is -2.37. The van der Waals surface area contributed by atoms with Crippen molar-refractivity contribution in [3.8, 4) is 0 Å². The fraction of sp³-hybridized carbons (Fsp3) is 0.625. The number of likely N-dealkylation sites (N-methyl/N-ethyl adjacent to an activating group) is 1. The summed E-state index contributed by atoms with van der Waals surface area (Å²) in [6.07, 6.45) is 2.54. The summed E-state index contributed by atoms with van der Waals surface area (Å²) < 4.78 is 5.41. The van der Waals surface area contributed by atoms with Gasteiger partial charge in [0, 0.05) is 18.7 Å². The van der Waals surface area contributed by atoms with E-state index in [0.717, 1.165) is 30.6 Å². The standard InChI is InChI=1S/C16H25ClN2O.ClH/c1-19(11-13-7-9-18-10-8-13)16(12-20-2)14-3-5-15(17)6-4-14;/h3-6,13,16,18H,7-12H2,1-2H3;1H. The average molecular weight is 333 g/mol. The zero-order valence-corrected chi connectivity index (χ0v) is 14.4. The Labute approximate surface area is 139 Å². The fourth-order valence-electron chi connectivity index (χ4n) is 2.92. The van der Waals surface area contributed by atoms with Crippen molar-refractivity contribution in [1.82, 2.24) is 10.2 Å². The third-order valence-corrected chi connectivity index (χ3v) is 4.37. The molecule has 1 aliphatic heterocycles. The first-order chi connectivity index (χ1) is 9.70. The molecule has 0 aliphatic carbocycles. The van der Waals surface area contributed by atoms with Crippen LogP contribution in [0.2, 0.25) is 5.02 Å². The van der Waals surface area contributed by atoms with Crippen LogP contribution < -0.4 is 5.32 Å². The van der Waals surface area contributed by atoms with Crippen molar-refractivity contribution in [2.24, 2.45) is 5.92 Å². The molecule has 0 amide bonds. The van der Waals surface area contributed by atoms with E-state index in [1.807, 2.05) is 12.1 Å². The van der Waals surface area contributed by atoms with Crippen LogP contribution in [-0.4, -0.2) is 45.3 Å². The summed E-state index contributed by atoms with van der Waals surface area (Å²) in [7, 11) is 3.96. The molecule has 1 N–H and O–H groups in total. The van der Waals surface area contributed by atoms with E-state index in [2.05, 4.69) is 29.4 Å². The monoisotopic (exact) mass is 332 g/mol. The molecule has 0 spiro atoms. The number of rotatable bonds is 6. The van der Waals surface area contributed by atoms with Gasteiger partial charge in [0.1, 0.15) is 0 Å². The smallest absolute Gasteiger partial charge is 0.0659 e. The second-order valence-corrected chi connectivity index (χ2v) is 6.09. The van der Waals surface area contributed by atoms with Crippen LogP contribution in [-0.2, 0) is 4.74 Å². The maximum Gasteiger partial charge on any atom is 0.0659 e. The minimum absolute atomic E-state index is 0. The molecular formula is C16H26Cl2N2O. The van der Waals surface area contributed by atoms with Crippen LogP contribution in [0.25, 0.3) is 0 Å². The highest BCUT2D eigenvalue weighted by molar-refractivity contribution is 6.30. The Kier molecular flexibility index (Phi) is 8.60. The summed E-state index contributed by atoms with van der Waals surface area (Å²) in [5, 5.41) is 4.21. The predicted molar refractivity (Wildman–Crippen MR) is 91.5 cm³/mol. The van der Waals surface area contributed by atoms with Gasteiger partial charge in [0.25, 0.3) is 0 Å². The summed E-state index contributed by atoms with van der Waals surface area (Å²) >= 11 is 5.98. The van der Waals surface area contributed by atoms with Crippen molar-refractivity contribution in [3.63, 3.8) is 0 Å². The van der Waals surface area contributed by atoms with E-state index >= 15 is 0 Å². The van der Waals surface area contributed by atoms with E-state index in [0.29, 0.717) is 12.6 Å². The van der Waals surface area contributed by atoms with Crippen molar-refractivity contribution < 1.29 is 4.74 Å². The first kappa shape index (κ1) is 18.7. The highest BCUT2D eigenvalue weighted by atomic mass is 35.5. The average Bonchev–Trinajstić information content (AvgIpc) is 2.47. The number of hydrogen-bond donors (Lipinski definition) is 1. The molecule has 0 aromatic heterocycles. The van der Waals surface area contributed by atoms with Gasteiger partial charge in [-0.1, -0.05) is 23.7 Å². The van der Waals surface area contributed by atoms with Gasteiger partial charge in [0.15, 0.2) is 0 Å². The minimum Gasteiger partial charge on any atom is -0.383 e. The lowest BCUT2D eigenvalue weighted by molar-refractivity contribution is 0.0919. The van der Waals surface area contributed by atoms with Gasteiger partial charge in [0.2, 0.25) is 0 Å². The van der Waals surface area contributed by atoms with Gasteiger partial charge in [-0.05, 0) is 56.6 Å². The third kappa shape index (κ3) is 5.76. The van der Waals surface area contributed by atoms with E-state index in [-0.39, 0.29) is 12.4 Å². The topological polar surface area (TPSA) is 24.5 Å². The Morgan fingerprint density at radius 3 is 2.48 bits per heavy atom. The van der Waals surface area contributed by atoms with Gasteiger partial charge in [0.05, 0.1) is 12.6 Å². The first-order valence-corrected chi connectivity index (χ1v) is 7.74. The van der Waals surface area contributed by atoms with Crippen LogP contribution in [0.4, 0.5) is 0 Å². The predicted octanol–water partition coefficient (Wildman–Crippen LogP) is 3.38. The number of hydrogen-bond acceptors (Lipinski definition) is 3. The molecule has 0 bridgehead atoms. The van der Waals surface area contributed by atoms with Crippen LogP contribution >= 0.6 is 24.0 Å². The minimum atomic E-state index is 0. The molecule has 1 atom stereocenters. The van der Waals surface area contributed by atoms with E-state index in [1.165, 1.54) is 18.4 Å². The second kappa shape index (κ2) is 9.65. The summed E-state index contributed by atoms with van der Waals surface area (Å²) in [6.45, 7) is 4.13. The molecule has 0 saturated carbocycles. The van der Waals surface area contributed by atoms with Crippen LogP contribution in [0.3, 0.4) is 0 Å². The van der Waals surface area contributed by atoms with Crippen molar-refractivity contribution in [2.75, 3.05) is 40.4 Å².